The molecule has 23 heavy (non-hydrogen) atoms. The van der Waals surface area contributed by atoms with Crippen LogP contribution >= 0.6 is 11.6 Å². The van der Waals surface area contributed by atoms with Gasteiger partial charge >= 0.3 is 11.9 Å². The Hall–Kier alpha value is -1.66. The number of esters is 2. The Labute approximate surface area is 143 Å². The predicted octanol–water partition coefficient (Wildman–Crippen LogP) is 2.62. The first kappa shape index (κ1) is 19.4. The number of hydrogen-bond acceptors (Lipinski definition) is 6. The van der Waals surface area contributed by atoms with Gasteiger partial charge in [0.05, 0.1) is 25.7 Å². The highest BCUT2D eigenvalue weighted by molar-refractivity contribution is 6.29. The lowest BCUT2D eigenvalue weighted by atomic mass is 9.93. The van der Waals surface area contributed by atoms with Crippen molar-refractivity contribution in [1.82, 2.24) is 10.3 Å². The average Bonchev–Trinajstić information content (AvgIpc) is 2.53. The third kappa shape index (κ3) is 6.54. The zero-order valence-corrected chi connectivity index (χ0v) is 14.6. The van der Waals surface area contributed by atoms with E-state index in [4.69, 9.17) is 11.6 Å². The minimum absolute atomic E-state index is 0. The number of hydrogen-bond donors (Lipinski definition) is 1. The minimum Gasteiger partial charge on any atom is -0.469 e. The Bertz CT molecular complexity index is 537. The van der Waals surface area contributed by atoms with Crippen LogP contribution in [0.25, 0.3) is 0 Å². The van der Waals surface area contributed by atoms with Gasteiger partial charge < -0.3 is 14.8 Å². The number of ether oxygens (including phenoxy) is 2. The Morgan fingerprint density at radius 1 is 1.35 bits per heavy atom. The van der Waals surface area contributed by atoms with Gasteiger partial charge in [0.25, 0.3) is 0 Å². The summed E-state index contributed by atoms with van der Waals surface area (Å²) in [7, 11) is 2.78. The molecule has 6 nitrogen and oxygen atoms in total. The Kier molecular flexibility index (Phi) is 7.98. The van der Waals surface area contributed by atoms with Gasteiger partial charge in [-0.1, -0.05) is 11.6 Å². The third-order valence-electron chi connectivity index (χ3n) is 3.50. The van der Waals surface area contributed by atoms with Crippen LogP contribution in [0.15, 0.2) is 12.1 Å². The van der Waals surface area contributed by atoms with Crippen molar-refractivity contribution in [3.8, 4) is 0 Å². The van der Waals surface area contributed by atoms with Crippen LogP contribution in [-0.2, 0) is 14.3 Å². The molecule has 7 heteroatoms. The van der Waals surface area contributed by atoms with Gasteiger partial charge in [0.2, 0.25) is 0 Å². The monoisotopic (exact) mass is 344 g/mol. The fourth-order valence-electron chi connectivity index (χ4n) is 2.38. The molecule has 0 aliphatic carbocycles. The standard InChI is InChI=1S/C8H8ClNO2.C8H15NO2.H2/c1-5-3-6(8(11)12-2)4-7(9)10-5;1-6-5-7(3-4-9-6)8(10)11-2;/h3-4H,1-2H3;6-7,9H,3-5H2,1-2H3;1H. The summed E-state index contributed by atoms with van der Waals surface area (Å²) >= 11 is 5.63. The lowest BCUT2D eigenvalue weighted by Crippen LogP contribution is -2.38. The first-order valence-electron chi connectivity index (χ1n) is 7.41. The van der Waals surface area contributed by atoms with Crippen LogP contribution in [0.1, 0.15) is 37.2 Å². The van der Waals surface area contributed by atoms with E-state index in [9.17, 15) is 9.59 Å². The number of nitrogens with one attached hydrogen (secondary N) is 1. The van der Waals surface area contributed by atoms with Crippen molar-refractivity contribution >= 4 is 23.5 Å². The number of carbonyl (C=O) groups excluding carboxylic acids is 2. The maximum atomic E-state index is 11.1. The lowest BCUT2D eigenvalue weighted by Gasteiger charge is -2.25. The predicted molar refractivity (Wildman–Crippen MR) is 89.6 cm³/mol. The smallest absolute Gasteiger partial charge is 0.338 e. The van der Waals surface area contributed by atoms with Gasteiger partial charge in [-0.25, -0.2) is 9.78 Å². The van der Waals surface area contributed by atoms with E-state index in [1.165, 1.54) is 20.3 Å². The van der Waals surface area contributed by atoms with Crippen LogP contribution in [0, 0.1) is 12.8 Å². The SMILES string of the molecule is COC(=O)C1CCNC(C)C1.COC(=O)c1cc(C)nc(Cl)c1.[HH]. The molecule has 0 saturated carbocycles. The number of piperidine rings is 1. The molecule has 1 aromatic rings. The highest BCUT2D eigenvalue weighted by atomic mass is 35.5. The van der Waals surface area contributed by atoms with E-state index in [-0.39, 0.29) is 13.3 Å². The summed E-state index contributed by atoms with van der Waals surface area (Å²) in [6.07, 6.45) is 1.82. The second kappa shape index (κ2) is 9.47. The molecule has 2 heterocycles. The number of halogens is 1. The van der Waals surface area contributed by atoms with Gasteiger partial charge in [0.1, 0.15) is 5.15 Å². The molecule has 0 spiro atoms. The second-order valence-electron chi connectivity index (χ2n) is 5.41. The van der Waals surface area contributed by atoms with Gasteiger partial charge in [-0.2, -0.15) is 0 Å². The van der Waals surface area contributed by atoms with E-state index in [0.717, 1.165) is 19.4 Å². The van der Waals surface area contributed by atoms with Crippen LogP contribution < -0.4 is 5.32 Å². The van der Waals surface area contributed by atoms with Gasteiger partial charge in [-0.3, -0.25) is 4.79 Å². The third-order valence-corrected chi connectivity index (χ3v) is 3.70. The lowest BCUT2D eigenvalue weighted by molar-refractivity contribution is -0.146. The molecule has 1 aromatic heterocycles. The first-order chi connectivity index (χ1) is 10.9. The van der Waals surface area contributed by atoms with Gasteiger partial charge in [-0.05, 0) is 45.4 Å². The summed E-state index contributed by atoms with van der Waals surface area (Å²) in [4.78, 5) is 26.0. The van der Waals surface area contributed by atoms with Crippen molar-refractivity contribution in [1.29, 1.82) is 0 Å². The number of carbonyl (C=O) groups is 2. The van der Waals surface area contributed by atoms with Crippen LogP contribution in [0.4, 0.5) is 0 Å². The quantitative estimate of drug-likeness (QED) is 0.656. The van der Waals surface area contributed by atoms with Crippen molar-refractivity contribution in [2.75, 3.05) is 20.8 Å². The summed E-state index contributed by atoms with van der Waals surface area (Å²) in [6.45, 7) is 4.79. The summed E-state index contributed by atoms with van der Waals surface area (Å²) < 4.78 is 9.19. The van der Waals surface area contributed by atoms with E-state index in [1.807, 2.05) is 0 Å². The molecule has 130 valence electrons. The summed E-state index contributed by atoms with van der Waals surface area (Å²) in [5.74, 6) is -0.336. The number of rotatable bonds is 2. The largest absolute Gasteiger partial charge is 0.469 e. The van der Waals surface area contributed by atoms with Crippen LogP contribution in [-0.4, -0.2) is 43.7 Å². The summed E-state index contributed by atoms with van der Waals surface area (Å²) in [6, 6.07) is 3.55. The van der Waals surface area contributed by atoms with Crippen LogP contribution in [0.3, 0.4) is 0 Å². The number of pyridine rings is 1. The highest BCUT2D eigenvalue weighted by Gasteiger charge is 2.24. The first-order valence-corrected chi connectivity index (χ1v) is 7.78. The van der Waals surface area contributed by atoms with Crippen LogP contribution in [0.2, 0.25) is 5.15 Å². The molecule has 0 radical (unpaired) electrons. The van der Waals surface area contributed by atoms with E-state index in [1.54, 1.807) is 13.0 Å². The van der Waals surface area contributed by atoms with Crippen molar-refractivity contribution in [3.63, 3.8) is 0 Å². The maximum Gasteiger partial charge on any atom is 0.338 e. The minimum atomic E-state index is -0.401. The molecule has 2 atom stereocenters. The topological polar surface area (TPSA) is 77.5 Å². The molecule has 2 unspecified atom stereocenters. The zero-order chi connectivity index (χ0) is 17.4. The summed E-state index contributed by atoms with van der Waals surface area (Å²) in [5.41, 5.74) is 1.12. The fourth-order valence-corrected chi connectivity index (χ4v) is 2.63. The summed E-state index contributed by atoms with van der Waals surface area (Å²) in [5, 5.41) is 3.58. The molecule has 1 fully saturated rings. The van der Waals surface area contributed by atoms with Gasteiger partial charge in [0, 0.05) is 13.2 Å². The van der Waals surface area contributed by atoms with E-state index < -0.39 is 5.97 Å². The molecule has 1 aliphatic heterocycles. The normalized spacial score (nSPS) is 20.0. The molecule has 0 bridgehead atoms. The molecule has 1 aliphatic rings. The molecular formula is C16H25ClN2O4. The maximum absolute atomic E-state index is 11.1. The average molecular weight is 345 g/mol. The molecule has 2 rings (SSSR count). The number of aromatic nitrogens is 1. The van der Waals surface area contributed by atoms with Crippen LogP contribution in [0.5, 0.6) is 0 Å². The molecular weight excluding hydrogens is 320 g/mol. The Morgan fingerprint density at radius 2 is 2.04 bits per heavy atom. The number of methoxy groups -OCH3 is 2. The van der Waals surface area contributed by atoms with Gasteiger partial charge in [-0.15, -0.1) is 0 Å². The Morgan fingerprint density at radius 3 is 2.57 bits per heavy atom. The van der Waals surface area contributed by atoms with E-state index >= 15 is 0 Å². The fraction of sp³-hybridized carbons (Fsp3) is 0.562. The highest BCUT2D eigenvalue weighted by Crippen LogP contribution is 2.16. The second-order valence-corrected chi connectivity index (χ2v) is 5.80. The van der Waals surface area contributed by atoms with Crippen molar-refractivity contribution in [3.05, 3.63) is 28.5 Å². The van der Waals surface area contributed by atoms with Crippen molar-refractivity contribution in [2.24, 2.45) is 5.92 Å². The van der Waals surface area contributed by atoms with Crippen molar-refractivity contribution < 1.29 is 20.5 Å². The van der Waals surface area contributed by atoms with E-state index in [0.29, 0.717) is 22.5 Å². The zero-order valence-electron chi connectivity index (χ0n) is 13.9. The number of aryl methyl sites for hydroxylation is 1. The molecule has 0 aromatic carbocycles. The van der Waals surface area contributed by atoms with Gasteiger partial charge in [0.15, 0.2) is 0 Å². The van der Waals surface area contributed by atoms with E-state index in [2.05, 4.69) is 26.7 Å². The van der Waals surface area contributed by atoms with Crippen molar-refractivity contribution in [2.45, 2.75) is 32.7 Å². The molecule has 1 saturated heterocycles. The Balaban J connectivity index is 0.000000425. The molecule has 1 N–H and O–H groups in total. The molecule has 0 amide bonds. The number of nitrogens with zero attached hydrogens (tertiary/aromatic N) is 1.